The summed E-state index contributed by atoms with van der Waals surface area (Å²) in [6.45, 7) is 0. The van der Waals surface area contributed by atoms with E-state index in [9.17, 15) is 18.4 Å². The molecule has 11 heavy (non-hydrogen) atoms. The molecule has 0 aromatic heterocycles. The highest BCUT2D eigenvalue weighted by Crippen LogP contribution is 2.29. The number of rotatable bonds is 1. The molecule has 1 aliphatic rings. The number of cyclic esters (lactones) is 2. The van der Waals surface area contributed by atoms with Gasteiger partial charge in [-0.05, 0) is 11.6 Å². The fourth-order valence-corrected chi connectivity index (χ4v) is 0.537. The topological polar surface area (TPSA) is 52.6 Å². The summed E-state index contributed by atoms with van der Waals surface area (Å²) in [4.78, 5) is 20.3. The minimum absolute atomic E-state index is 1.46. The van der Waals surface area contributed by atoms with Gasteiger partial charge in [-0.25, -0.2) is 9.59 Å². The molecule has 0 aliphatic carbocycles. The molecule has 1 heterocycles. The SMILES string of the molecule is O=C1OC(C(F)(F)Cl)OC1=O. The van der Waals surface area contributed by atoms with E-state index >= 15 is 0 Å². The third-order valence-corrected chi connectivity index (χ3v) is 1.04. The van der Waals surface area contributed by atoms with E-state index in [4.69, 9.17) is 0 Å². The first-order valence-electron chi connectivity index (χ1n) is 2.39. The Hall–Kier alpha value is -0.910. The molecule has 0 aromatic rings. The van der Waals surface area contributed by atoms with Gasteiger partial charge in [-0.1, -0.05) is 0 Å². The Bertz CT molecular complexity index is 195. The van der Waals surface area contributed by atoms with Gasteiger partial charge in [0.2, 0.25) is 0 Å². The van der Waals surface area contributed by atoms with Crippen molar-refractivity contribution in [3.63, 3.8) is 0 Å². The van der Waals surface area contributed by atoms with Crippen molar-refractivity contribution in [2.75, 3.05) is 0 Å². The average molecular weight is 186 g/mol. The summed E-state index contributed by atoms with van der Waals surface area (Å²) in [6, 6.07) is 0. The molecule has 4 nitrogen and oxygen atoms in total. The zero-order valence-electron chi connectivity index (χ0n) is 4.84. The molecule has 62 valence electrons. The van der Waals surface area contributed by atoms with Crippen molar-refractivity contribution < 1.29 is 27.8 Å². The summed E-state index contributed by atoms with van der Waals surface area (Å²) >= 11 is 4.38. The predicted octanol–water partition coefficient (Wildman–Crippen LogP) is 0.244. The first-order chi connectivity index (χ1) is 4.91. The van der Waals surface area contributed by atoms with Crippen molar-refractivity contribution >= 4 is 23.5 Å². The van der Waals surface area contributed by atoms with Crippen LogP contribution in [0.1, 0.15) is 0 Å². The molecule has 0 saturated carbocycles. The van der Waals surface area contributed by atoms with Crippen LogP contribution >= 0.6 is 11.6 Å². The Labute approximate surface area is 64.0 Å². The smallest absolute Gasteiger partial charge is 0.409 e. The normalized spacial score (nSPS) is 19.9. The van der Waals surface area contributed by atoms with Gasteiger partial charge < -0.3 is 9.47 Å². The van der Waals surface area contributed by atoms with Gasteiger partial charge >= 0.3 is 23.6 Å². The zero-order chi connectivity index (χ0) is 8.65. The van der Waals surface area contributed by atoms with Crippen LogP contribution in [0.3, 0.4) is 0 Å². The van der Waals surface area contributed by atoms with Gasteiger partial charge in [0.15, 0.2) is 0 Å². The van der Waals surface area contributed by atoms with Gasteiger partial charge in [0.05, 0.1) is 0 Å². The lowest BCUT2D eigenvalue weighted by Gasteiger charge is -2.11. The molecule has 1 saturated heterocycles. The van der Waals surface area contributed by atoms with Crippen molar-refractivity contribution in [1.82, 2.24) is 0 Å². The Morgan fingerprint density at radius 2 is 1.64 bits per heavy atom. The summed E-state index contributed by atoms with van der Waals surface area (Å²) in [6.07, 6.45) is -2.30. The first-order valence-corrected chi connectivity index (χ1v) is 2.77. The standard InChI is InChI=1S/C4HClF2O4/c5-4(6,7)3-10-1(8)2(9)11-3/h3H. The minimum Gasteiger partial charge on any atom is -0.409 e. The highest BCUT2D eigenvalue weighted by atomic mass is 35.5. The Morgan fingerprint density at radius 1 is 1.27 bits per heavy atom. The van der Waals surface area contributed by atoms with E-state index < -0.39 is 23.6 Å². The maximum Gasteiger partial charge on any atom is 0.420 e. The van der Waals surface area contributed by atoms with Gasteiger partial charge in [0.25, 0.3) is 0 Å². The van der Waals surface area contributed by atoms with E-state index in [0.717, 1.165) is 0 Å². The van der Waals surface area contributed by atoms with Crippen LogP contribution in [-0.4, -0.2) is 23.6 Å². The van der Waals surface area contributed by atoms with Crippen molar-refractivity contribution in [3.8, 4) is 0 Å². The maximum atomic E-state index is 12.0. The zero-order valence-corrected chi connectivity index (χ0v) is 5.60. The summed E-state index contributed by atoms with van der Waals surface area (Å²) in [7, 11) is 0. The summed E-state index contributed by atoms with van der Waals surface area (Å²) in [5, 5.41) is -3.87. The molecular formula is C4HClF2O4. The summed E-state index contributed by atoms with van der Waals surface area (Å²) in [5.41, 5.74) is 0. The Kier molecular flexibility index (Phi) is 1.71. The molecule has 0 spiro atoms. The van der Waals surface area contributed by atoms with E-state index in [-0.39, 0.29) is 0 Å². The molecular weight excluding hydrogens is 185 g/mol. The lowest BCUT2D eigenvalue weighted by molar-refractivity contribution is -0.177. The molecule has 1 fully saturated rings. The molecule has 0 N–H and O–H groups in total. The van der Waals surface area contributed by atoms with Crippen LogP contribution in [0.2, 0.25) is 0 Å². The second-order valence-electron chi connectivity index (χ2n) is 1.68. The van der Waals surface area contributed by atoms with E-state index in [1.165, 1.54) is 0 Å². The van der Waals surface area contributed by atoms with E-state index in [1.807, 2.05) is 0 Å². The van der Waals surface area contributed by atoms with E-state index in [0.29, 0.717) is 0 Å². The van der Waals surface area contributed by atoms with Crippen LogP contribution < -0.4 is 0 Å². The third kappa shape index (κ3) is 1.56. The number of hydrogen-bond acceptors (Lipinski definition) is 4. The Balaban J connectivity index is 2.68. The number of carbonyl (C=O) groups is 2. The monoisotopic (exact) mass is 186 g/mol. The summed E-state index contributed by atoms with van der Waals surface area (Å²) in [5.74, 6) is -2.93. The second kappa shape index (κ2) is 2.30. The third-order valence-electron chi connectivity index (χ3n) is 0.862. The van der Waals surface area contributed by atoms with Gasteiger partial charge in [-0.3, -0.25) is 0 Å². The number of esters is 2. The molecule has 0 aromatic carbocycles. The number of carbonyl (C=O) groups excluding carboxylic acids is 2. The van der Waals surface area contributed by atoms with E-state index in [1.54, 1.807) is 0 Å². The van der Waals surface area contributed by atoms with Crippen molar-refractivity contribution in [1.29, 1.82) is 0 Å². The predicted molar refractivity (Wildman–Crippen MR) is 26.8 cm³/mol. The molecule has 0 bridgehead atoms. The lowest BCUT2D eigenvalue weighted by atomic mass is 10.7. The van der Waals surface area contributed by atoms with Crippen LogP contribution in [0.5, 0.6) is 0 Å². The van der Waals surface area contributed by atoms with Crippen LogP contribution in [0, 0.1) is 0 Å². The Morgan fingerprint density at radius 3 is 1.82 bits per heavy atom. The fraction of sp³-hybridized carbons (Fsp3) is 0.500. The van der Waals surface area contributed by atoms with Crippen molar-refractivity contribution in [3.05, 3.63) is 0 Å². The second-order valence-corrected chi connectivity index (χ2v) is 2.19. The van der Waals surface area contributed by atoms with Crippen LogP contribution in [0.15, 0.2) is 0 Å². The molecule has 1 rings (SSSR count). The van der Waals surface area contributed by atoms with Crippen LogP contribution in [-0.2, 0) is 19.1 Å². The highest BCUT2D eigenvalue weighted by molar-refractivity contribution is 6.31. The first kappa shape index (κ1) is 8.19. The number of halogens is 3. The quantitative estimate of drug-likeness (QED) is 0.335. The van der Waals surface area contributed by atoms with Crippen LogP contribution in [0.25, 0.3) is 0 Å². The maximum absolute atomic E-state index is 12.0. The van der Waals surface area contributed by atoms with Crippen LogP contribution in [0.4, 0.5) is 8.78 Å². The largest absolute Gasteiger partial charge is 0.420 e. The van der Waals surface area contributed by atoms with Gasteiger partial charge in [0, 0.05) is 0 Å². The van der Waals surface area contributed by atoms with E-state index in [2.05, 4.69) is 21.1 Å². The number of hydrogen-bond donors (Lipinski definition) is 0. The van der Waals surface area contributed by atoms with Gasteiger partial charge in [-0.15, -0.1) is 0 Å². The minimum atomic E-state index is -3.87. The molecule has 0 radical (unpaired) electrons. The molecule has 0 amide bonds. The van der Waals surface area contributed by atoms with Crippen molar-refractivity contribution in [2.45, 2.75) is 11.7 Å². The van der Waals surface area contributed by atoms with Crippen molar-refractivity contribution in [2.24, 2.45) is 0 Å². The highest BCUT2D eigenvalue weighted by Gasteiger charge is 2.50. The molecule has 0 atom stereocenters. The lowest BCUT2D eigenvalue weighted by Crippen LogP contribution is -2.28. The molecule has 1 aliphatic heterocycles. The fourth-order valence-electron chi connectivity index (χ4n) is 0.448. The average Bonchev–Trinajstić information content (AvgIpc) is 2.11. The number of alkyl halides is 3. The summed E-state index contributed by atoms with van der Waals surface area (Å²) < 4.78 is 31.5. The van der Waals surface area contributed by atoms with Gasteiger partial charge in [0.1, 0.15) is 0 Å². The number of ether oxygens (including phenoxy) is 2. The molecule has 7 heteroatoms. The van der Waals surface area contributed by atoms with Gasteiger partial charge in [-0.2, -0.15) is 8.78 Å². The molecule has 0 unspecified atom stereocenters.